The van der Waals surface area contributed by atoms with Crippen LogP contribution in [-0.2, 0) is 11.3 Å². The first-order chi connectivity index (χ1) is 13.3. The summed E-state index contributed by atoms with van der Waals surface area (Å²) in [5.41, 5.74) is 0.653. The number of amides is 2. The summed E-state index contributed by atoms with van der Waals surface area (Å²) in [4.78, 5) is 36.7. The Balaban J connectivity index is 1.90. The molecule has 0 unspecified atom stereocenters. The van der Waals surface area contributed by atoms with Crippen molar-refractivity contribution < 1.29 is 24.4 Å². The number of methoxy groups -OCH3 is 1. The van der Waals surface area contributed by atoms with Gasteiger partial charge in [-0.2, -0.15) is 0 Å². The van der Waals surface area contributed by atoms with Crippen LogP contribution in [0.5, 0.6) is 11.5 Å². The normalized spacial score (nSPS) is 15.4. The second-order valence-electron chi connectivity index (χ2n) is 5.71. The molecular formula is C18H13BrN2O6S. The van der Waals surface area contributed by atoms with Crippen molar-refractivity contribution in [3.63, 3.8) is 0 Å². The van der Waals surface area contributed by atoms with Gasteiger partial charge in [-0.25, -0.2) is 0 Å². The molecule has 144 valence electrons. The molecule has 1 N–H and O–H groups in total. The van der Waals surface area contributed by atoms with Crippen molar-refractivity contribution >= 4 is 50.6 Å². The zero-order valence-corrected chi connectivity index (χ0v) is 16.8. The molecule has 10 heteroatoms. The van der Waals surface area contributed by atoms with Crippen molar-refractivity contribution in [2.24, 2.45) is 0 Å². The number of carbonyl (C=O) groups is 2. The molecule has 2 amide bonds. The zero-order valence-electron chi connectivity index (χ0n) is 14.4. The number of nitro groups is 1. The highest BCUT2D eigenvalue weighted by atomic mass is 79.9. The number of imide groups is 1. The molecule has 0 aliphatic carbocycles. The molecule has 0 spiro atoms. The maximum atomic E-state index is 12.7. The van der Waals surface area contributed by atoms with Gasteiger partial charge < -0.3 is 9.84 Å². The fraction of sp³-hybridized carbons (Fsp3) is 0.111. The smallest absolute Gasteiger partial charge is 0.293 e. The third-order valence-corrected chi connectivity index (χ3v) is 5.47. The minimum Gasteiger partial charge on any atom is -0.503 e. The van der Waals surface area contributed by atoms with Crippen molar-refractivity contribution in [1.82, 2.24) is 4.90 Å². The van der Waals surface area contributed by atoms with Crippen LogP contribution in [0.25, 0.3) is 6.08 Å². The van der Waals surface area contributed by atoms with Crippen LogP contribution in [0.1, 0.15) is 11.1 Å². The second kappa shape index (κ2) is 8.03. The van der Waals surface area contributed by atoms with Crippen LogP contribution in [0.2, 0.25) is 0 Å². The van der Waals surface area contributed by atoms with E-state index < -0.39 is 16.1 Å². The van der Waals surface area contributed by atoms with Gasteiger partial charge in [-0.1, -0.05) is 18.2 Å². The second-order valence-corrected chi connectivity index (χ2v) is 7.55. The quantitative estimate of drug-likeness (QED) is 0.398. The van der Waals surface area contributed by atoms with E-state index in [1.807, 2.05) is 0 Å². The summed E-state index contributed by atoms with van der Waals surface area (Å²) in [7, 11) is 1.39. The predicted molar refractivity (Wildman–Crippen MR) is 107 cm³/mol. The average molecular weight is 465 g/mol. The number of aromatic hydroxyl groups is 1. The highest BCUT2D eigenvalue weighted by Gasteiger charge is 2.36. The largest absolute Gasteiger partial charge is 0.503 e. The van der Waals surface area contributed by atoms with Crippen LogP contribution in [0.15, 0.2) is 45.8 Å². The van der Waals surface area contributed by atoms with Crippen molar-refractivity contribution in [3.8, 4) is 11.5 Å². The number of nitro benzene ring substituents is 1. The Hall–Kier alpha value is -2.85. The molecule has 1 aliphatic rings. The molecule has 1 saturated heterocycles. The highest BCUT2D eigenvalue weighted by Crippen LogP contribution is 2.38. The van der Waals surface area contributed by atoms with Crippen LogP contribution >= 0.6 is 27.7 Å². The molecule has 0 atom stereocenters. The molecule has 28 heavy (non-hydrogen) atoms. The van der Waals surface area contributed by atoms with Gasteiger partial charge in [-0.15, -0.1) is 0 Å². The molecule has 1 aliphatic heterocycles. The lowest BCUT2D eigenvalue weighted by Gasteiger charge is -2.12. The number of ether oxygens (including phenoxy) is 1. The number of nitrogens with zero attached hydrogens (tertiary/aromatic N) is 2. The number of rotatable bonds is 5. The van der Waals surface area contributed by atoms with Crippen LogP contribution in [-0.4, -0.2) is 33.2 Å². The van der Waals surface area contributed by atoms with E-state index in [-0.39, 0.29) is 34.2 Å². The molecule has 8 nitrogen and oxygen atoms in total. The number of carbonyl (C=O) groups excluding carboxylic acids is 2. The Bertz CT molecular complexity index is 1020. The van der Waals surface area contributed by atoms with Gasteiger partial charge in [0.25, 0.3) is 16.8 Å². The maximum absolute atomic E-state index is 12.7. The van der Waals surface area contributed by atoms with E-state index in [1.165, 1.54) is 37.5 Å². The van der Waals surface area contributed by atoms with Gasteiger partial charge in [0.1, 0.15) is 0 Å². The van der Waals surface area contributed by atoms with E-state index in [0.29, 0.717) is 10.0 Å². The first kappa shape index (κ1) is 19.9. The summed E-state index contributed by atoms with van der Waals surface area (Å²) < 4.78 is 5.44. The third kappa shape index (κ3) is 3.87. The molecule has 0 saturated carbocycles. The summed E-state index contributed by atoms with van der Waals surface area (Å²) >= 11 is 3.94. The Morgan fingerprint density at radius 2 is 2.04 bits per heavy atom. The highest BCUT2D eigenvalue weighted by molar-refractivity contribution is 9.10. The van der Waals surface area contributed by atoms with E-state index in [1.54, 1.807) is 12.1 Å². The van der Waals surface area contributed by atoms with Crippen LogP contribution in [0, 0.1) is 10.1 Å². The summed E-state index contributed by atoms with van der Waals surface area (Å²) in [6, 6.07) is 9.06. The number of halogens is 1. The van der Waals surface area contributed by atoms with Gasteiger partial charge in [0.15, 0.2) is 11.5 Å². The van der Waals surface area contributed by atoms with Gasteiger partial charge in [-0.05, 0) is 51.5 Å². The molecule has 1 heterocycles. The zero-order chi connectivity index (χ0) is 20.4. The van der Waals surface area contributed by atoms with Gasteiger partial charge in [-0.3, -0.25) is 24.6 Å². The van der Waals surface area contributed by atoms with Gasteiger partial charge >= 0.3 is 0 Å². The topological polar surface area (TPSA) is 110 Å². The standard InChI is InChI=1S/C18H13BrN2O6S/c1-27-14-7-10(6-12(19)16(14)22)8-15-17(23)20(18(24)28-15)9-11-4-2-3-5-13(11)21(25)26/h2-8,22H,9H2,1H3/b15-8+. The number of hydrogen-bond donors (Lipinski definition) is 1. The Morgan fingerprint density at radius 3 is 2.71 bits per heavy atom. The Morgan fingerprint density at radius 1 is 1.32 bits per heavy atom. The lowest BCUT2D eigenvalue weighted by molar-refractivity contribution is -0.385. The minimum absolute atomic E-state index is 0.0795. The number of thioether (sulfide) groups is 1. The molecule has 0 radical (unpaired) electrons. The van der Waals surface area contributed by atoms with Gasteiger partial charge in [0, 0.05) is 11.6 Å². The predicted octanol–water partition coefficient (Wildman–Crippen LogP) is 4.31. The summed E-state index contributed by atoms with van der Waals surface area (Å²) in [5.74, 6) is -0.416. The monoisotopic (exact) mass is 464 g/mol. The van der Waals surface area contributed by atoms with Crippen molar-refractivity contribution in [1.29, 1.82) is 0 Å². The van der Waals surface area contributed by atoms with E-state index in [9.17, 15) is 24.8 Å². The van der Waals surface area contributed by atoms with Crippen molar-refractivity contribution in [3.05, 3.63) is 67.0 Å². The van der Waals surface area contributed by atoms with Crippen molar-refractivity contribution in [2.45, 2.75) is 6.54 Å². The summed E-state index contributed by atoms with van der Waals surface area (Å²) in [6.07, 6.45) is 1.50. The SMILES string of the molecule is COc1cc(/C=C2/SC(=O)N(Cc3ccccc3[N+](=O)[O-])C2=O)cc(Br)c1O. The Kier molecular flexibility index (Phi) is 5.71. The number of hydrogen-bond acceptors (Lipinski definition) is 7. The number of phenols is 1. The fourth-order valence-electron chi connectivity index (χ4n) is 2.61. The first-order valence-corrected chi connectivity index (χ1v) is 9.47. The first-order valence-electron chi connectivity index (χ1n) is 7.86. The fourth-order valence-corrected chi connectivity index (χ4v) is 3.91. The number of benzene rings is 2. The minimum atomic E-state index is -0.551. The third-order valence-electron chi connectivity index (χ3n) is 3.96. The molecule has 1 fully saturated rings. The van der Waals surface area contributed by atoms with Crippen LogP contribution < -0.4 is 4.74 Å². The van der Waals surface area contributed by atoms with Gasteiger partial charge in [0.2, 0.25) is 0 Å². The van der Waals surface area contributed by atoms with Crippen molar-refractivity contribution in [2.75, 3.05) is 7.11 Å². The van der Waals surface area contributed by atoms with E-state index in [4.69, 9.17) is 4.74 Å². The number of phenolic OH excluding ortho intramolecular Hbond substituents is 1. The van der Waals surface area contributed by atoms with Gasteiger partial charge in [0.05, 0.1) is 28.0 Å². The molecule has 0 aromatic heterocycles. The van der Waals surface area contributed by atoms with E-state index in [0.717, 1.165) is 16.7 Å². The van der Waals surface area contributed by atoms with E-state index >= 15 is 0 Å². The molecule has 2 aromatic carbocycles. The van der Waals surface area contributed by atoms with Crippen LogP contribution in [0.4, 0.5) is 10.5 Å². The molecular weight excluding hydrogens is 452 g/mol. The molecule has 3 rings (SSSR count). The summed E-state index contributed by atoms with van der Waals surface area (Å²) in [5, 5.41) is 20.5. The molecule has 0 bridgehead atoms. The Labute approximate surface area is 172 Å². The van der Waals surface area contributed by atoms with E-state index in [2.05, 4.69) is 15.9 Å². The molecule has 2 aromatic rings. The summed E-state index contributed by atoms with van der Waals surface area (Å²) in [6.45, 7) is -0.193. The van der Waals surface area contributed by atoms with Crippen LogP contribution in [0.3, 0.4) is 0 Å². The lowest BCUT2D eigenvalue weighted by atomic mass is 10.1. The number of para-hydroxylation sites is 1. The lowest BCUT2D eigenvalue weighted by Crippen LogP contribution is -2.27. The maximum Gasteiger partial charge on any atom is 0.293 e. The average Bonchev–Trinajstić information content (AvgIpc) is 2.92.